The Morgan fingerprint density at radius 3 is 2.09 bits per heavy atom. The second-order valence-electron chi connectivity index (χ2n) is 16.8. The van der Waals surface area contributed by atoms with Crippen molar-refractivity contribution in [2.45, 2.75) is 107 Å². The van der Waals surface area contributed by atoms with E-state index in [2.05, 4.69) is 10.6 Å². The first-order valence-electron chi connectivity index (χ1n) is 21.0. The van der Waals surface area contributed by atoms with Gasteiger partial charge in [0.25, 0.3) is 5.91 Å². The number of hydrogen-bond acceptors (Lipinski definition) is 20. The minimum Gasteiger partial charge on any atom is -0.507 e. The third-order valence-corrected chi connectivity index (χ3v) is 12.4. The first-order valence-corrected chi connectivity index (χ1v) is 21.0. The van der Waals surface area contributed by atoms with Crippen molar-refractivity contribution in [3.63, 3.8) is 0 Å². The molecule has 13 atom stereocenters. The quantitative estimate of drug-likeness (QED) is 0.0714. The van der Waals surface area contributed by atoms with Gasteiger partial charge in [-0.05, 0) is 56.6 Å². The van der Waals surface area contributed by atoms with Crippen LogP contribution in [-0.4, -0.2) is 174 Å². The summed E-state index contributed by atoms with van der Waals surface area (Å²) in [4.78, 5) is 78.2. The number of aryl methyl sites for hydroxylation is 1. The Hall–Kier alpha value is -6.32. The lowest BCUT2D eigenvalue weighted by Crippen LogP contribution is -2.65. The van der Waals surface area contributed by atoms with Crippen LogP contribution in [0.15, 0.2) is 24.3 Å². The van der Waals surface area contributed by atoms with Crippen LogP contribution < -0.4 is 20.7 Å². The number of carbonyl (C=O) groups is 6. The number of hydrogen-bond donors (Lipinski definition) is 13. The maximum absolute atomic E-state index is 14.2. The van der Waals surface area contributed by atoms with E-state index < -0.39 is 179 Å². The van der Waals surface area contributed by atoms with E-state index in [0.29, 0.717) is 0 Å². The molecule has 3 aromatic rings. The summed E-state index contributed by atoms with van der Waals surface area (Å²) in [6.45, 7) is 3.58. The van der Waals surface area contributed by atoms with Gasteiger partial charge in [0.05, 0.1) is 49.0 Å². The minimum atomic E-state index is -1.97. The summed E-state index contributed by atoms with van der Waals surface area (Å²) in [5, 5.41) is 116. The fourth-order valence-electron chi connectivity index (χ4n) is 8.97. The number of ether oxygens (including phenoxy) is 5. The van der Waals surface area contributed by atoms with Gasteiger partial charge in [-0.2, -0.15) is 0 Å². The average molecular weight is 956 g/mol. The normalized spacial score (nSPS) is 28.2. The van der Waals surface area contributed by atoms with Crippen LogP contribution in [0.5, 0.6) is 23.0 Å². The molecule has 2 aliphatic carbocycles. The SMILES string of the molecule is CN[C@@H]1[C@H](O[C@@H]2OC[C@@H](O)[C@H](O)[C@H]2O)[C@@H](O)[C@H](O[C@H]2c3cc(C)c(C(=O)N[C@H](C)C(=O)N[C@@H](CC(=O)O)C(=O)O)c(O)c3-c3c(cc4c(c3O)C(=O)c3cc(OC)cc(O)c3C4=O)[C@@H]2O)O[C@@H]1C. The monoisotopic (exact) mass is 955 g/mol. The maximum atomic E-state index is 14.2. The third kappa shape index (κ3) is 8.59. The number of benzene rings is 3. The highest BCUT2D eigenvalue weighted by molar-refractivity contribution is 6.31. The summed E-state index contributed by atoms with van der Waals surface area (Å²) in [5.74, 6) is -10.0. The first kappa shape index (κ1) is 49.6. The molecule has 13 N–H and O–H groups in total. The molecule has 7 rings (SSSR count). The molecule has 68 heavy (non-hydrogen) atoms. The molecule has 0 unspecified atom stereocenters. The molecule has 24 heteroatoms. The molecule has 2 heterocycles. The number of aliphatic carboxylic acids is 2. The first-order chi connectivity index (χ1) is 32.0. The molecule has 24 nitrogen and oxygen atoms in total. The van der Waals surface area contributed by atoms with Crippen molar-refractivity contribution < 1.29 is 104 Å². The predicted octanol–water partition coefficient (Wildman–Crippen LogP) is -1.65. The van der Waals surface area contributed by atoms with Gasteiger partial charge in [-0.1, -0.05) is 6.07 Å². The van der Waals surface area contributed by atoms with Crippen molar-refractivity contribution in [2.75, 3.05) is 20.8 Å². The molecule has 0 saturated carbocycles. The molecule has 2 aliphatic heterocycles. The molecule has 366 valence electrons. The zero-order valence-electron chi connectivity index (χ0n) is 36.7. The molecular formula is C44H49N3O21. The van der Waals surface area contributed by atoms with E-state index >= 15 is 0 Å². The standard InChI is InChI=1S/C44H49N3O21/c1-12-6-19-27(34(56)24(12)41(61)46-13(2)40(60)47-20(42(62)63)10-23(50)51)26-17(9-18-28(35(26)57)31(53)16-7-15(64-5)8-21(48)25(16)30(18)52)32(54)38(19)67-44-37(59)39(29(45-4)14(3)66-44)68-43-36(58)33(55)22(49)11-65-43/h6-9,13-14,20,22,29,32-33,36-39,43-45,48-49,54-59H,10-11H2,1-5H3,(H,46,61)(H,47,60)(H,50,51)(H,62,63)/t13-,14-,20+,22-,29+,32+,33+,36-,37-,38+,39+,43+,44+/m1/s1. The van der Waals surface area contributed by atoms with E-state index in [0.717, 1.165) is 25.1 Å². The fourth-order valence-corrected chi connectivity index (χ4v) is 8.97. The molecule has 2 amide bonds. The number of phenolic OH excluding ortho intramolecular Hbond substituents is 3. The van der Waals surface area contributed by atoms with Crippen LogP contribution in [-0.2, 0) is 33.3 Å². The van der Waals surface area contributed by atoms with E-state index in [1.807, 2.05) is 5.32 Å². The van der Waals surface area contributed by atoms with Gasteiger partial charge < -0.3 is 90.7 Å². The molecule has 2 fully saturated rings. The number of rotatable bonds is 13. The highest BCUT2D eigenvalue weighted by Crippen LogP contribution is 2.57. The summed E-state index contributed by atoms with van der Waals surface area (Å²) < 4.78 is 29.0. The number of carboxylic acid groups (broad SMARTS) is 2. The lowest BCUT2D eigenvalue weighted by Gasteiger charge is -2.47. The number of nitrogens with one attached hydrogen (secondary N) is 3. The molecule has 0 bridgehead atoms. The summed E-state index contributed by atoms with van der Waals surface area (Å²) >= 11 is 0. The van der Waals surface area contributed by atoms with Crippen LogP contribution in [0.3, 0.4) is 0 Å². The van der Waals surface area contributed by atoms with E-state index in [1.54, 1.807) is 6.92 Å². The highest BCUT2D eigenvalue weighted by atomic mass is 16.7. The molecule has 2 saturated heterocycles. The third-order valence-electron chi connectivity index (χ3n) is 12.4. The number of amides is 2. The zero-order chi connectivity index (χ0) is 50.0. The molecule has 0 aromatic heterocycles. The Balaban J connectivity index is 1.33. The Kier molecular flexibility index (Phi) is 13.8. The number of aliphatic hydroxyl groups excluding tert-OH is 5. The average Bonchev–Trinajstić information content (AvgIpc) is 3.27. The van der Waals surface area contributed by atoms with Crippen molar-refractivity contribution in [3.05, 3.63) is 68.8 Å². The summed E-state index contributed by atoms with van der Waals surface area (Å²) in [6, 6.07) is 0.200. The van der Waals surface area contributed by atoms with E-state index in [1.165, 1.54) is 27.1 Å². The lowest BCUT2D eigenvalue weighted by molar-refractivity contribution is -0.339. The van der Waals surface area contributed by atoms with Crippen LogP contribution in [0, 0.1) is 6.92 Å². The Bertz CT molecular complexity index is 2580. The van der Waals surface area contributed by atoms with Gasteiger partial charge in [0.1, 0.15) is 77.8 Å². The Morgan fingerprint density at radius 1 is 0.809 bits per heavy atom. The number of methoxy groups -OCH3 is 1. The summed E-state index contributed by atoms with van der Waals surface area (Å²) in [5.41, 5.74) is -4.08. The second-order valence-corrected chi connectivity index (χ2v) is 16.8. The van der Waals surface area contributed by atoms with Gasteiger partial charge >= 0.3 is 11.9 Å². The van der Waals surface area contributed by atoms with Crippen molar-refractivity contribution >= 4 is 35.3 Å². The number of aliphatic hydroxyl groups is 5. The van der Waals surface area contributed by atoms with E-state index in [4.69, 9.17) is 28.8 Å². The molecule has 0 spiro atoms. The fraction of sp³-hybridized carbons (Fsp3) is 0.455. The van der Waals surface area contributed by atoms with Crippen molar-refractivity contribution in [2.24, 2.45) is 0 Å². The maximum Gasteiger partial charge on any atom is 0.326 e. The van der Waals surface area contributed by atoms with Gasteiger partial charge in [-0.25, -0.2) is 4.79 Å². The number of phenols is 3. The van der Waals surface area contributed by atoms with Crippen LogP contribution in [0.1, 0.15) is 91.4 Å². The number of ketones is 2. The molecule has 4 aliphatic rings. The highest BCUT2D eigenvalue weighted by Gasteiger charge is 2.51. The Morgan fingerprint density at radius 2 is 1.46 bits per heavy atom. The van der Waals surface area contributed by atoms with Gasteiger partial charge in [0.15, 0.2) is 24.1 Å². The number of aromatic hydroxyl groups is 3. The van der Waals surface area contributed by atoms with Gasteiger partial charge in [-0.15, -0.1) is 0 Å². The van der Waals surface area contributed by atoms with Gasteiger partial charge in [-0.3, -0.25) is 24.0 Å². The van der Waals surface area contributed by atoms with Crippen molar-refractivity contribution in [3.8, 4) is 34.1 Å². The lowest BCUT2D eigenvalue weighted by atomic mass is 9.74. The van der Waals surface area contributed by atoms with Crippen LogP contribution in [0.25, 0.3) is 11.1 Å². The number of carboxylic acids is 2. The van der Waals surface area contributed by atoms with Crippen LogP contribution in [0.4, 0.5) is 0 Å². The van der Waals surface area contributed by atoms with Gasteiger partial charge in [0, 0.05) is 28.3 Å². The van der Waals surface area contributed by atoms with Crippen molar-refractivity contribution in [1.29, 1.82) is 0 Å². The minimum absolute atomic E-state index is 0.0231. The number of fused-ring (bicyclic) bond motifs is 5. The topological polar surface area (TPSA) is 387 Å². The number of likely N-dealkylation sites (N-methyl/N-ethyl adjacent to an activating group) is 1. The Labute approximate surface area is 384 Å². The second kappa shape index (κ2) is 19.0. The number of carbonyl (C=O) groups excluding carboxylic acids is 4. The van der Waals surface area contributed by atoms with Gasteiger partial charge in [0.2, 0.25) is 5.91 Å². The largest absolute Gasteiger partial charge is 0.507 e. The predicted molar refractivity (Wildman–Crippen MR) is 225 cm³/mol. The van der Waals surface area contributed by atoms with E-state index in [-0.39, 0.29) is 28.0 Å². The molecule has 0 radical (unpaired) electrons. The molecular weight excluding hydrogens is 906 g/mol. The smallest absolute Gasteiger partial charge is 0.326 e. The molecule has 3 aromatic carbocycles. The summed E-state index contributed by atoms with van der Waals surface area (Å²) in [6.07, 6.45) is -17.1. The zero-order valence-corrected chi connectivity index (χ0v) is 36.7. The van der Waals surface area contributed by atoms with Crippen LogP contribution in [0.2, 0.25) is 0 Å². The van der Waals surface area contributed by atoms with Crippen molar-refractivity contribution in [1.82, 2.24) is 16.0 Å². The van der Waals surface area contributed by atoms with E-state index in [9.17, 15) is 74.7 Å². The van der Waals surface area contributed by atoms with Crippen LogP contribution >= 0.6 is 0 Å². The summed E-state index contributed by atoms with van der Waals surface area (Å²) in [7, 11) is 2.75.